The number of fused-ring (bicyclic) bond motifs is 5. The lowest BCUT2D eigenvalue weighted by Crippen LogP contribution is -2.61. The topological polar surface area (TPSA) is 9.72 Å². The van der Waals surface area contributed by atoms with E-state index >= 15 is 0 Å². The van der Waals surface area contributed by atoms with E-state index in [1.54, 1.807) is 0 Å². The Labute approximate surface area is 441 Å². The van der Waals surface area contributed by atoms with E-state index in [-0.39, 0.29) is 28.4 Å². The summed E-state index contributed by atoms with van der Waals surface area (Å²) in [6.45, 7) is 26.2. The number of hydrogen-bond acceptors (Lipinski definition) is 3. The van der Waals surface area contributed by atoms with E-state index in [1.165, 1.54) is 101 Å². The average molecular weight is 962 g/mol. The second-order valence-corrected chi connectivity index (χ2v) is 24.6. The number of hydrogen-bond donors (Lipinski definition) is 0. The number of rotatable bonds is 7. The molecular formula is C70H68BN3. The Balaban J connectivity index is 1.24. The van der Waals surface area contributed by atoms with Gasteiger partial charge in [0.2, 0.25) is 0 Å². The highest BCUT2D eigenvalue weighted by Gasteiger charge is 2.49. The molecule has 366 valence electrons. The first-order valence-corrected chi connectivity index (χ1v) is 26.8. The van der Waals surface area contributed by atoms with Crippen LogP contribution in [0.5, 0.6) is 0 Å². The van der Waals surface area contributed by atoms with Crippen molar-refractivity contribution in [2.75, 3.05) is 14.7 Å². The van der Waals surface area contributed by atoms with Gasteiger partial charge in [-0.3, -0.25) is 0 Å². The quantitative estimate of drug-likeness (QED) is 0.147. The van der Waals surface area contributed by atoms with Crippen LogP contribution in [0.1, 0.15) is 103 Å². The maximum Gasteiger partial charge on any atom is 0.252 e. The molecule has 0 saturated heterocycles. The zero-order valence-corrected chi connectivity index (χ0v) is 45.2. The molecule has 0 radical (unpaired) electrons. The predicted molar refractivity (Wildman–Crippen MR) is 319 cm³/mol. The standard InChI is InChI=1S/C70H68BN3/c1-46-32-33-49(47-24-16-12-17-25-47)38-62(46)74-63-44-57-56(69(8,9)45-70(57,10)11)43-59(63)71-58-42-54(72(52-28-20-14-21-29-52)53-30-22-15-23-31-53)35-37-61(58)73(64-40-51(68(5,6)7)41-65(74)66(64)71)60-36-34-50(67(2,3)4)39-55(60)48-26-18-13-19-27-48/h12-44H,45H2,1-11H3. The zero-order chi connectivity index (χ0) is 51.5. The summed E-state index contributed by atoms with van der Waals surface area (Å²) in [5.74, 6) is 0. The van der Waals surface area contributed by atoms with E-state index in [1.807, 2.05) is 0 Å². The van der Waals surface area contributed by atoms with Crippen molar-refractivity contribution in [3.8, 4) is 22.3 Å². The van der Waals surface area contributed by atoms with Gasteiger partial charge in [-0.05, 0) is 175 Å². The van der Waals surface area contributed by atoms with Crippen LogP contribution >= 0.6 is 0 Å². The minimum atomic E-state index is -0.169. The molecule has 2 heterocycles. The van der Waals surface area contributed by atoms with Crippen LogP contribution in [-0.2, 0) is 21.7 Å². The van der Waals surface area contributed by atoms with E-state index in [9.17, 15) is 0 Å². The molecule has 4 heteroatoms. The summed E-state index contributed by atoms with van der Waals surface area (Å²) in [5.41, 5.74) is 26.1. The third kappa shape index (κ3) is 7.88. The first-order chi connectivity index (χ1) is 35.4. The van der Waals surface area contributed by atoms with Gasteiger partial charge < -0.3 is 14.7 Å². The van der Waals surface area contributed by atoms with E-state index in [0.717, 1.165) is 23.5 Å². The molecule has 0 atom stereocenters. The van der Waals surface area contributed by atoms with Gasteiger partial charge in [-0.1, -0.05) is 191 Å². The zero-order valence-electron chi connectivity index (χ0n) is 45.2. The maximum atomic E-state index is 2.68. The Hall–Kier alpha value is -7.56. The van der Waals surface area contributed by atoms with Gasteiger partial charge in [0.15, 0.2) is 0 Å². The first kappa shape index (κ1) is 47.4. The summed E-state index contributed by atoms with van der Waals surface area (Å²) in [6.07, 6.45) is 1.09. The molecule has 0 saturated carbocycles. The van der Waals surface area contributed by atoms with E-state index in [2.05, 4.69) is 291 Å². The lowest BCUT2D eigenvalue weighted by molar-refractivity contribution is 0.403. The average Bonchev–Trinajstić information content (AvgIpc) is 3.61. The molecule has 0 N–H and O–H groups in total. The minimum Gasteiger partial charge on any atom is -0.311 e. The lowest BCUT2D eigenvalue weighted by Gasteiger charge is -2.46. The fourth-order valence-electron chi connectivity index (χ4n) is 12.8. The van der Waals surface area contributed by atoms with Crippen molar-refractivity contribution in [2.45, 2.75) is 104 Å². The molecular weight excluding hydrogens is 894 g/mol. The van der Waals surface area contributed by atoms with Crippen LogP contribution in [0.15, 0.2) is 200 Å². The van der Waals surface area contributed by atoms with Crippen molar-refractivity contribution < 1.29 is 0 Å². The van der Waals surface area contributed by atoms with Gasteiger partial charge in [0, 0.05) is 51.1 Å². The first-order valence-electron chi connectivity index (χ1n) is 26.8. The van der Waals surface area contributed by atoms with Crippen molar-refractivity contribution in [3.05, 3.63) is 228 Å². The molecule has 1 aliphatic carbocycles. The predicted octanol–water partition coefficient (Wildman–Crippen LogP) is 17.4. The van der Waals surface area contributed by atoms with Crippen LogP contribution in [0, 0.1) is 6.92 Å². The van der Waals surface area contributed by atoms with E-state index in [0.29, 0.717) is 0 Å². The molecule has 0 aromatic heterocycles. The van der Waals surface area contributed by atoms with Gasteiger partial charge in [-0.2, -0.15) is 0 Å². The van der Waals surface area contributed by atoms with Gasteiger partial charge in [0.25, 0.3) is 6.71 Å². The lowest BCUT2D eigenvalue weighted by atomic mass is 9.33. The normalized spacial score (nSPS) is 15.0. The largest absolute Gasteiger partial charge is 0.311 e. The van der Waals surface area contributed by atoms with Crippen LogP contribution in [0.2, 0.25) is 0 Å². The number of aryl methyl sites for hydroxylation is 1. The molecule has 9 aromatic rings. The third-order valence-electron chi connectivity index (χ3n) is 16.4. The van der Waals surface area contributed by atoms with Crippen LogP contribution in [0.4, 0.5) is 51.2 Å². The van der Waals surface area contributed by atoms with Crippen molar-refractivity contribution in [2.24, 2.45) is 0 Å². The Kier molecular flexibility index (Phi) is 11.1. The Morgan fingerprint density at radius 1 is 0.405 bits per heavy atom. The maximum absolute atomic E-state index is 2.68. The van der Waals surface area contributed by atoms with Crippen LogP contribution in [-0.4, -0.2) is 6.71 Å². The fourth-order valence-corrected chi connectivity index (χ4v) is 12.8. The summed E-state index contributed by atoms with van der Waals surface area (Å²) in [7, 11) is 0. The summed E-state index contributed by atoms with van der Waals surface area (Å²) >= 11 is 0. The number of nitrogens with zero attached hydrogens (tertiary/aromatic N) is 3. The summed E-state index contributed by atoms with van der Waals surface area (Å²) in [6, 6.07) is 75.8. The number of para-hydroxylation sites is 2. The highest BCUT2D eigenvalue weighted by atomic mass is 15.2. The Bertz CT molecular complexity index is 3580. The van der Waals surface area contributed by atoms with Crippen molar-refractivity contribution in [3.63, 3.8) is 0 Å². The van der Waals surface area contributed by atoms with Crippen molar-refractivity contribution in [1.82, 2.24) is 0 Å². The van der Waals surface area contributed by atoms with Gasteiger partial charge in [-0.25, -0.2) is 0 Å². The van der Waals surface area contributed by atoms with Gasteiger partial charge >= 0.3 is 0 Å². The Morgan fingerprint density at radius 2 is 0.919 bits per heavy atom. The molecule has 74 heavy (non-hydrogen) atoms. The monoisotopic (exact) mass is 962 g/mol. The third-order valence-corrected chi connectivity index (χ3v) is 16.4. The molecule has 9 aromatic carbocycles. The minimum absolute atomic E-state index is 0.00741. The van der Waals surface area contributed by atoms with Crippen LogP contribution in [0.3, 0.4) is 0 Å². The smallest absolute Gasteiger partial charge is 0.252 e. The van der Waals surface area contributed by atoms with Gasteiger partial charge in [-0.15, -0.1) is 0 Å². The molecule has 2 aliphatic heterocycles. The summed E-state index contributed by atoms with van der Waals surface area (Å²) in [4.78, 5) is 7.75. The second kappa shape index (κ2) is 17.3. The fraction of sp³-hybridized carbons (Fsp3) is 0.229. The molecule has 3 aliphatic rings. The summed E-state index contributed by atoms with van der Waals surface area (Å²) < 4.78 is 0. The van der Waals surface area contributed by atoms with Crippen LogP contribution < -0.4 is 31.1 Å². The molecule has 0 fully saturated rings. The molecule has 3 nitrogen and oxygen atoms in total. The molecule has 0 spiro atoms. The number of anilines is 9. The molecule has 0 unspecified atom stereocenters. The highest BCUT2D eigenvalue weighted by Crippen LogP contribution is 2.54. The van der Waals surface area contributed by atoms with Gasteiger partial charge in [0.1, 0.15) is 0 Å². The van der Waals surface area contributed by atoms with E-state index in [4.69, 9.17) is 0 Å². The Morgan fingerprint density at radius 3 is 1.50 bits per heavy atom. The second-order valence-electron chi connectivity index (χ2n) is 24.6. The molecule has 12 rings (SSSR count). The van der Waals surface area contributed by atoms with E-state index < -0.39 is 0 Å². The molecule has 0 bridgehead atoms. The SMILES string of the molecule is Cc1ccc(-c2ccccc2)cc1N1c2cc3c(cc2B2c4cc(N(c5ccccc5)c5ccccc5)ccc4N(c4ccc(C(C)(C)C)cc4-c4ccccc4)c4cc(C(C)(C)C)cc1c42)C(C)(C)CC3(C)C. The molecule has 0 amide bonds. The van der Waals surface area contributed by atoms with Gasteiger partial charge in [0.05, 0.1) is 5.69 Å². The number of benzene rings is 9. The highest BCUT2D eigenvalue weighted by molar-refractivity contribution is 7.00. The summed E-state index contributed by atoms with van der Waals surface area (Å²) in [5, 5.41) is 0. The van der Waals surface area contributed by atoms with Crippen molar-refractivity contribution >= 4 is 74.3 Å². The van der Waals surface area contributed by atoms with Crippen LogP contribution in [0.25, 0.3) is 22.3 Å². The van der Waals surface area contributed by atoms with Crippen molar-refractivity contribution in [1.29, 1.82) is 0 Å².